The summed E-state index contributed by atoms with van der Waals surface area (Å²) in [5.74, 6) is 2.18. The third-order valence-electron chi connectivity index (χ3n) is 6.93. The summed E-state index contributed by atoms with van der Waals surface area (Å²) in [6, 6.07) is 10.7. The van der Waals surface area contributed by atoms with E-state index in [1.807, 2.05) is 25.1 Å². The van der Waals surface area contributed by atoms with E-state index in [4.69, 9.17) is 14.2 Å². The Balaban J connectivity index is 2.13. The maximum absolute atomic E-state index is 12.6. The molecule has 1 aliphatic heterocycles. The lowest BCUT2D eigenvalue weighted by Gasteiger charge is -2.39. The van der Waals surface area contributed by atoms with Crippen molar-refractivity contribution in [1.82, 2.24) is 4.90 Å². The Morgan fingerprint density at radius 1 is 0.969 bits per heavy atom. The molecule has 0 aliphatic carbocycles. The van der Waals surface area contributed by atoms with Gasteiger partial charge in [-0.3, -0.25) is 9.69 Å². The average molecular weight is 434 g/mol. The fourth-order valence-corrected chi connectivity index (χ4v) is 5.12. The zero-order valence-corrected chi connectivity index (χ0v) is 19.9. The van der Waals surface area contributed by atoms with E-state index < -0.39 is 0 Å². The summed E-state index contributed by atoms with van der Waals surface area (Å²) in [5.41, 5.74) is 5.76. The second-order valence-electron chi connectivity index (χ2n) is 8.66. The minimum Gasteiger partial charge on any atom is -0.496 e. The highest BCUT2D eigenvalue weighted by Gasteiger charge is 2.32. The maximum Gasteiger partial charge on any atom is 0.151 e. The first kappa shape index (κ1) is 22.2. The monoisotopic (exact) mass is 433 g/mol. The van der Waals surface area contributed by atoms with Crippen molar-refractivity contribution in [2.24, 2.45) is 0 Å². The molecule has 0 aromatic heterocycles. The summed E-state index contributed by atoms with van der Waals surface area (Å²) < 4.78 is 17.2. The number of rotatable bonds is 5. The molecule has 2 atom stereocenters. The normalized spacial score (nSPS) is 18.3. The largest absolute Gasteiger partial charge is 0.496 e. The van der Waals surface area contributed by atoms with E-state index in [1.165, 1.54) is 5.56 Å². The number of likely N-dealkylation sites (N-methyl/N-ethyl adjacent to an activating group) is 1. The molecule has 3 aromatic carbocycles. The molecule has 1 aliphatic rings. The van der Waals surface area contributed by atoms with E-state index in [2.05, 4.69) is 37.9 Å². The van der Waals surface area contributed by atoms with Gasteiger partial charge in [-0.15, -0.1) is 0 Å². The van der Waals surface area contributed by atoms with Crippen LogP contribution in [-0.4, -0.2) is 45.6 Å². The Morgan fingerprint density at radius 2 is 1.66 bits per heavy atom. The van der Waals surface area contributed by atoms with Gasteiger partial charge in [-0.25, -0.2) is 0 Å². The van der Waals surface area contributed by atoms with Crippen molar-refractivity contribution in [3.8, 4) is 28.4 Å². The minimum absolute atomic E-state index is 0.124. The summed E-state index contributed by atoms with van der Waals surface area (Å²) >= 11 is 0. The maximum atomic E-state index is 12.6. The molecule has 0 amide bonds. The van der Waals surface area contributed by atoms with Crippen molar-refractivity contribution >= 4 is 17.1 Å². The topological polar surface area (TPSA) is 48.0 Å². The molecule has 32 heavy (non-hydrogen) atoms. The molecule has 3 aromatic rings. The van der Waals surface area contributed by atoms with Gasteiger partial charge >= 0.3 is 0 Å². The van der Waals surface area contributed by atoms with Crippen LogP contribution in [0, 0.1) is 6.92 Å². The summed E-state index contributed by atoms with van der Waals surface area (Å²) in [6.45, 7) is 6.41. The second kappa shape index (κ2) is 8.47. The zero-order chi connectivity index (χ0) is 23.2. The highest BCUT2D eigenvalue weighted by atomic mass is 16.5. The molecule has 0 fully saturated rings. The number of nitrogens with zero attached hydrogens (tertiary/aromatic N) is 1. The number of aryl methyl sites for hydroxylation is 1. The van der Waals surface area contributed by atoms with E-state index in [9.17, 15) is 4.79 Å². The highest BCUT2D eigenvalue weighted by Crippen LogP contribution is 2.47. The fourth-order valence-electron chi connectivity index (χ4n) is 5.12. The first-order valence-electron chi connectivity index (χ1n) is 10.9. The van der Waals surface area contributed by atoms with Crippen LogP contribution in [-0.2, 0) is 6.42 Å². The SMILES string of the molecule is COc1cc2c(c(C=O)c1-c1ccc(OC)c3c(OC)cc(C)cc13)C(C)N(C)C(C)C2. The highest BCUT2D eigenvalue weighted by molar-refractivity contribution is 6.08. The van der Waals surface area contributed by atoms with Crippen molar-refractivity contribution in [3.63, 3.8) is 0 Å². The van der Waals surface area contributed by atoms with E-state index in [0.717, 1.165) is 57.2 Å². The average Bonchev–Trinajstić information content (AvgIpc) is 2.80. The van der Waals surface area contributed by atoms with Gasteiger partial charge in [0.15, 0.2) is 6.29 Å². The molecule has 0 spiro atoms. The summed E-state index contributed by atoms with van der Waals surface area (Å²) in [6.07, 6.45) is 1.87. The van der Waals surface area contributed by atoms with Crippen molar-refractivity contribution in [1.29, 1.82) is 0 Å². The van der Waals surface area contributed by atoms with Crippen LogP contribution >= 0.6 is 0 Å². The number of fused-ring (bicyclic) bond motifs is 2. The third kappa shape index (κ3) is 3.32. The molecule has 2 unspecified atom stereocenters. The second-order valence-corrected chi connectivity index (χ2v) is 8.66. The number of ether oxygens (including phenoxy) is 3. The first-order valence-corrected chi connectivity index (χ1v) is 10.9. The molecule has 0 radical (unpaired) electrons. The van der Waals surface area contributed by atoms with Crippen LogP contribution < -0.4 is 14.2 Å². The molecular weight excluding hydrogens is 402 g/mol. The molecule has 168 valence electrons. The predicted molar refractivity (Wildman–Crippen MR) is 129 cm³/mol. The van der Waals surface area contributed by atoms with Gasteiger partial charge in [-0.05, 0) is 86.1 Å². The number of carbonyl (C=O) groups excluding carboxylic acids is 1. The zero-order valence-electron chi connectivity index (χ0n) is 19.9. The van der Waals surface area contributed by atoms with Gasteiger partial charge in [0.25, 0.3) is 0 Å². The Labute approximate surface area is 189 Å². The summed E-state index contributed by atoms with van der Waals surface area (Å²) in [4.78, 5) is 14.9. The Bertz CT molecular complexity index is 1200. The van der Waals surface area contributed by atoms with Crippen molar-refractivity contribution < 1.29 is 19.0 Å². The van der Waals surface area contributed by atoms with Crippen LogP contribution in [0.15, 0.2) is 30.3 Å². The molecule has 5 nitrogen and oxygen atoms in total. The molecular formula is C27H31NO4. The van der Waals surface area contributed by atoms with E-state index in [1.54, 1.807) is 21.3 Å². The Kier molecular flexibility index (Phi) is 5.87. The van der Waals surface area contributed by atoms with E-state index in [-0.39, 0.29) is 6.04 Å². The van der Waals surface area contributed by atoms with E-state index >= 15 is 0 Å². The Hall–Kier alpha value is -3.05. The standard InChI is InChI=1S/C27H31NO4/c1-15-10-20-19(8-9-22(30-5)27(20)23(11-15)31-6)26-21(14-29)25-17(3)28(4)16(2)12-18(25)13-24(26)32-7/h8-11,13-14,16-17H,12H2,1-7H3. The summed E-state index contributed by atoms with van der Waals surface area (Å²) in [7, 11) is 7.10. The van der Waals surface area contributed by atoms with Crippen molar-refractivity contribution in [2.45, 2.75) is 39.3 Å². The van der Waals surface area contributed by atoms with Crippen LogP contribution in [0.1, 0.15) is 46.9 Å². The van der Waals surface area contributed by atoms with Gasteiger partial charge in [0.1, 0.15) is 17.2 Å². The minimum atomic E-state index is 0.124. The molecule has 0 saturated carbocycles. The number of hydrogen-bond donors (Lipinski definition) is 0. The van der Waals surface area contributed by atoms with Crippen LogP contribution in [0.25, 0.3) is 21.9 Å². The number of hydrogen-bond acceptors (Lipinski definition) is 5. The first-order chi connectivity index (χ1) is 15.4. The number of benzene rings is 3. The van der Waals surface area contributed by atoms with Crippen LogP contribution in [0.5, 0.6) is 17.2 Å². The Morgan fingerprint density at radius 3 is 2.28 bits per heavy atom. The van der Waals surface area contributed by atoms with Crippen LogP contribution in [0.4, 0.5) is 0 Å². The van der Waals surface area contributed by atoms with E-state index in [0.29, 0.717) is 17.4 Å². The third-order valence-corrected chi connectivity index (χ3v) is 6.93. The van der Waals surface area contributed by atoms with Crippen LogP contribution in [0.2, 0.25) is 0 Å². The molecule has 0 bridgehead atoms. The summed E-state index contributed by atoms with van der Waals surface area (Å²) in [5, 5.41) is 1.85. The molecule has 1 heterocycles. The molecule has 0 N–H and O–H groups in total. The van der Waals surface area contributed by atoms with Gasteiger partial charge < -0.3 is 14.2 Å². The van der Waals surface area contributed by atoms with Crippen LogP contribution in [0.3, 0.4) is 0 Å². The van der Waals surface area contributed by atoms with Crippen molar-refractivity contribution in [3.05, 3.63) is 52.6 Å². The lowest BCUT2D eigenvalue weighted by molar-refractivity contribution is 0.111. The molecule has 0 saturated heterocycles. The van der Waals surface area contributed by atoms with Gasteiger partial charge in [-0.1, -0.05) is 6.07 Å². The quantitative estimate of drug-likeness (QED) is 0.491. The van der Waals surface area contributed by atoms with Gasteiger partial charge in [0, 0.05) is 23.2 Å². The molecule has 4 rings (SSSR count). The lowest BCUT2D eigenvalue weighted by atomic mass is 9.82. The van der Waals surface area contributed by atoms with Crippen molar-refractivity contribution in [2.75, 3.05) is 28.4 Å². The number of carbonyl (C=O) groups is 1. The predicted octanol–water partition coefficient (Wildman–Crippen LogP) is 5.59. The lowest BCUT2D eigenvalue weighted by Crippen LogP contribution is -2.38. The fraction of sp³-hybridized carbons (Fsp3) is 0.370. The number of aldehydes is 1. The smallest absolute Gasteiger partial charge is 0.151 e. The van der Waals surface area contributed by atoms with Gasteiger partial charge in [-0.2, -0.15) is 0 Å². The molecule has 5 heteroatoms. The van der Waals surface area contributed by atoms with Gasteiger partial charge in [0.2, 0.25) is 0 Å². The number of methoxy groups -OCH3 is 3. The van der Waals surface area contributed by atoms with Gasteiger partial charge in [0.05, 0.1) is 26.7 Å².